The van der Waals surface area contributed by atoms with E-state index >= 15 is 0 Å². The highest BCUT2D eigenvalue weighted by molar-refractivity contribution is 7.18. The van der Waals surface area contributed by atoms with E-state index in [1.807, 2.05) is 0 Å². The Kier molecular flexibility index (Phi) is 6.01. The summed E-state index contributed by atoms with van der Waals surface area (Å²) in [5.41, 5.74) is 7.44. The lowest BCUT2D eigenvalue weighted by Gasteiger charge is -2.22. The predicted octanol–water partition coefficient (Wildman–Crippen LogP) is 4.24. The van der Waals surface area contributed by atoms with Crippen molar-refractivity contribution < 1.29 is 14.0 Å². The zero-order chi connectivity index (χ0) is 21.1. The number of nitrogens with zero attached hydrogens (tertiary/aromatic N) is 1. The Labute approximate surface area is 178 Å². The van der Waals surface area contributed by atoms with Gasteiger partial charge in [0.25, 0.3) is 0 Å². The summed E-state index contributed by atoms with van der Waals surface area (Å²) in [6, 6.07) is 12.9. The van der Waals surface area contributed by atoms with E-state index < -0.39 is 5.91 Å². The molecule has 1 aromatic heterocycles. The number of halogens is 1. The highest BCUT2D eigenvalue weighted by Crippen LogP contribution is 2.37. The van der Waals surface area contributed by atoms with E-state index in [1.54, 1.807) is 42.8 Å². The van der Waals surface area contributed by atoms with Gasteiger partial charge in [-0.25, -0.2) is 9.37 Å². The summed E-state index contributed by atoms with van der Waals surface area (Å²) in [6.45, 7) is 0.883. The number of nitrogens with one attached hydrogen (secondary N) is 1. The van der Waals surface area contributed by atoms with Gasteiger partial charge in [-0.05, 0) is 43.1 Å². The van der Waals surface area contributed by atoms with Crippen LogP contribution in [0.25, 0.3) is 21.0 Å². The molecular formula is C23H21FN3O2S. The van der Waals surface area contributed by atoms with Gasteiger partial charge in [0.05, 0.1) is 11.3 Å². The van der Waals surface area contributed by atoms with E-state index in [0.717, 1.165) is 25.8 Å². The molecule has 3 aromatic rings. The first-order chi connectivity index (χ1) is 14.5. The normalized spacial score (nSPS) is 16.4. The van der Waals surface area contributed by atoms with Crippen LogP contribution in [0.2, 0.25) is 0 Å². The van der Waals surface area contributed by atoms with E-state index in [0.29, 0.717) is 32.3 Å². The molecule has 1 aliphatic heterocycles. The molecule has 0 bridgehead atoms. The van der Waals surface area contributed by atoms with Crippen LogP contribution in [-0.4, -0.2) is 29.3 Å². The Morgan fingerprint density at radius 1 is 1.13 bits per heavy atom. The van der Waals surface area contributed by atoms with Crippen LogP contribution >= 0.6 is 11.3 Å². The fourth-order valence-corrected chi connectivity index (χ4v) is 4.68. The molecule has 1 unspecified atom stereocenters. The molecule has 7 heteroatoms. The van der Waals surface area contributed by atoms with Crippen molar-refractivity contribution in [1.29, 1.82) is 0 Å². The number of primary amides is 1. The summed E-state index contributed by atoms with van der Waals surface area (Å²) in [4.78, 5) is 30.2. The molecule has 3 N–H and O–H groups in total. The number of carbonyl (C=O) groups is 2. The molecule has 0 aliphatic carbocycles. The maximum Gasteiger partial charge on any atom is 0.249 e. The summed E-state index contributed by atoms with van der Waals surface area (Å²) < 4.78 is 13.4. The molecule has 2 heterocycles. The summed E-state index contributed by atoms with van der Waals surface area (Å²) in [5, 5.41) is 3.86. The quantitative estimate of drug-likeness (QED) is 0.582. The molecule has 2 aromatic carbocycles. The maximum atomic E-state index is 13.4. The summed E-state index contributed by atoms with van der Waals surface area (Å²) in [5.74, 6) is -1.10. The molecule has 1 radical (unpaired) electrons. The van der Waals surface area contributed by atoms with E-state index in [2.05, 4.69) is 10.3 Å². The Bertz CT molecular complexity index is 1070. The van der Waals surface area contributed by atoms with Crippen molar-refractivity contribution in [2.45, 2.75) is 25.3 Å². The summed E-state index contributed by atoms with van der Waals surface area (Å²) >= 11 is 1.29. The number of hydrogen-bond acceptors (Lipinski definition) is 5. The molecule has 30 heavy (non-hydrogen) atoms. The average molecular weight is 423 g/mol. The number of hydrogen-bond donors (Lipinski definition) is 2. The molecular weight excluding hydrogens is 401 g/mol. The Morgan fingerprint density at radius 3 is 2.60 bits per heavy atom. The number of ketones is 1. The van der Waals surface area contributed by atoms with Gasteiger partial charge in [0.2, 0.25) is 5.91 Å². The number of rotatable bonds is 6. The zero-order valence-electron chi connectivity index (χ0n) is 16.2. The van der Waals surface area contributed by atoms with Crippen molar-refractivity contribution in [3.05, 3.63) is 72.0 Å². The van der Waals surface area contributed by atoms with Gasteiger partial charge in [0, 0.05) is 17.2 Å². The number of amides is 1. The monoisotopic (exact) mass is 422 g/mol. The molecule has 4 rings (SSSR count). The minimum atomic E-state index is -0.560. The van der Waals surface area contributed by atoms with Gasteiger partial charge in [0.1, 0.15) is 16.5 Å². The minimum Gasteiger partial charge on any atom is -0.366 e. The number of nitrogens with two attached hydrogens (primary N) is 1. The largest absolute Gasteiger partial charge is 0.366 e. The Hall–Kier alpha value is -2.90. The van der Waals surface area contributed by atoms with Gasteiger partial charge in [-0.2, -0.15) is 0 Å². The van der Waals surface area contributed by atoms with Crippen molar-refractivity contribution in [1.82, 2.24) is 10.3 Å². The third-order valence-electron chi connectivity index (χ3n) is 5.09. The number of benzene rings is 2. The van der Waals surface area contributed by atoms with Gasteiger partial charge in [-0.1, -0.05) is 36.8 Å². The van der Waals surface area contributed by atoms with Crippen LogP contribution in [-0.2, 0) is 0 Å². The van der Waals surface area contributed by atoms with Crippen LogP contribution in [0.5, 0.6) is 0 Å². The molecule has 5 nitrogen and oxygen atoms in total. The number of carbonyl (C=O) groups excluding carboxylic acids is 2. The zero-order valence-corrected chi connectivity index (χ0v) is 17.0. The second-order valence-corrected chi connectivity index (χ2v) is 8.20. The van der Waals surface area contributed by atoms with Gasteiger partial charge in [-0.3, -0.25) is 9.59 Å². The topological polar surface area (TPSA) is 85.1 Å². The van der Waals surface area contributed by atoms with Crippen LogP contribution in [0, 0.1) is 12.2 Å². The third kappa shape index (κ3) is 4.32. The van der Waals surface area contributed by atoms with Crippen molar-refractivity contribution in [2.24, 2.45) is 5.73 Å². The molecule has 0 saturated carbocycles. The van der Waals surface area contributed by atoms with E-state index in [9.17, 15) is 14.0 Å². The molecule has 1 amide bonds. The Balaban J connectivity index is 1.76. The SMILES string of the molecule is NC(=O)c1ccccc1-c1nc(C(=O)[CH]C2CCCCN2)c(-c2ccc(F)cc2)s1. The number of aromatic nitrogens is 1. The van der Waals surface area contributed by atoms with Crippen LogP contribution in [0.4, 0.5) is 4.39 Å². The van der Waals surface area contributed by atoms with E-state index in [1.165, 1.54) is 23.5 Å². The first-order valence-electron chi connectivity index (χ1n) is 9.81. The van der Waals surface area contributed by atoms with Gasteiger partial charge >= 0.3 is 0 Å². The summed E-state index contributed by atoms with van der Waals surface area (Å²) in [7, 11) is 0. The predicted molar refractivity (Wildman–Crippen MR) is 116 cm³/mol. The van der Waals surface area contributed by atoms with Crippen LogP contribution in [0.3, 0.4) is 0 Å². The fraction of sp³-hybridized carbons (Fsp3) is 0.217. The van der Waals surface area contributed by atoms with Gasteiger partial charge < -0.3 is 11.1 Å². The highest BCUT2D eigenvalue weighted by Gasteiger charge is 2.25. The van der Waals surface area contributed by atoms with Crippen LogP contribution < -0.4 is 11.1 Å². The third-order valence-corrected chi connectivity index (χ3v) is 6.23. The maximum absolute atomic E-state index is 13.4. The highest BCUT2D eigenvalue weighted by atomic mass is 32.1. The lowest BCUT2D eigenvalue weighted by Crippen LogP contribution is -2.36. The van der Waals surface area contributed by atoms with Gasteiger partial charge in [0.15, 0.2) is 5.78 Å². The fourth-order valence-electron chi connectivity index (χ4n) is 3.57. The first kappa shape index (κ1) is 20.4. The molecule has 0 spiro atoms. The Morgan fingerprint density at radius 2 is 1.90 bits per heavy atom. The van der Waals surface area contributed by atoms with Crippen molar-refractivity contribution >= 4 is 23.0 Å². The molecule has 1 fully saturated rings. The second-order valence-electron chi connectivity index (χ2n) is 7.20. The molecule has 153 valence electrons. The number of thiazole rings is 1. The number of Topliss-reactive ketones (excluding diaryl/α,β-unsaturated/α-hetero) is 1. The van der Waals surface area contributed by atoms with Crippen LogP contribution in [0.1, 0.15) is 40.1 Å². The lowest BCUT2D eigenvalue weighted by molar-refractivity contribution is 0.0997. The second kappa shape index (κ2) is 8.85. The molecule has 1 aliphatic rings. The van der Waals surface area contributed by atoms with Crippen molar-refractivity contribution in [2.75, 3.05) is 6.54 Å². The smallest absolute Gasteiger partial charge is 0.249 e. The number of piperidine rings is 1. The van der Waals surface area contributed by atoms with E-state index in [-0.39, 0.29) is 17.6 Å². The molecule has 1 atom stereocenters. The van der Waals surface area contributed by atoms with E-state index in [4.69, 9.17) is 5.73 Å². The minimum absolute atomic E-state index is 0.00961. The molecule has 1 saturated heterocycles. The van der Waals surface area contributed by atoms with Crippen molar-refractivity contribution in [3.63, 3.8) is 0 Å². The van der Waals surface area contributed by atoms with Crippen molar-refractivity contribution in [3.8, 4) is 21.0 Å². The van der Waals surface area contributed by atoms with Crippen LogP contribution in [0.15, 0.2) is 48.5 Å². The summed E-state index contributed by atoms with van der Waals surface area (Å²) in [6.07, 6.45) is 4.74. The average Bonchev–Trinajstić information content (AvgIpc) is 3.20. The lowest BCUT2D eigenvalue weighted by atomic mass is 9.98. The van der Waals surface area contributed by atoms with Gasteiger partial charge in [-0.15, -0.1) is 11.3 Å². The first-order valence-corrected chi connectivity index (χ1v) is 10.6. The standard InChI is InChI=1S/C23H21FN3O2S/c24-15-10-8-14(9-11-15)21-20(19(28)13-16-5-3-4-12-26-16)27-23(30-21)18-7-2-1-6-17(18)22(25)29/h1-2,6-11,13,16,26H,3-5,12H2,(H2,25,29).